The number of aliphatic hydroxyl groups excluding tert-OH is 2. The Morgan fingerprint density at radius 3 is 1.08 bits per heavy atom. The van der Waals surface area contributed by atoms with Crippen molar-refractivity contribution < 1.29 is 145 Å². The van der Waals surface area contributed by atoms with Gasteiger partial charge in [-0.25, -0.2) is 87.0 Å². The zero-order chi connectivity index (χ0) is 90.3. The summed E-state index contributed by atoms with van der Waals surface area (Å²) < 4.78 is 190. The number of nitrogens with zero attached hydrogens (tertiary/aromatic N) is 18. The third kappa shape index (κ3) is 17.9. The van der Waals surface area contributed by atoms with Gasteiger partial charge in [0.05, 0.1) is 114 Å². The van der Waals surface area contributed by atoms with Crippen molar-refractivity contribution in [2.75, 3.05) is 56.8 Å². The van der Waals surface area contributed by atoms with E-state index in [-0.39, 0.29) is 52.8 Å². The number of nitrogen functional groups attached to an aromatic ring is 3. The molecule has 690 valence electrons. The Morgan fingerprint density at radius 2 is 0.674 bits per heavy atom. The van der Waals surface area contributed by atoms with Crippen LogP contribution in [0.4, 0.5) is 21.5 Å². The summed E-state index contributed by atoms with van der Waals surface area (Å²) in [5, 5.41) is 22.5. The number of aromatic nitrogens is 21. The fourth-order valence-electron chi connectivity index (χ4n) is 15.8. The number of pyridine rings is 3. The molecule has 66 heteroatoms. The molecule has 21 rings (SSSR count). The number of alkyl halides is 1. The molecule has 27 atom stereocenters. The lowest BCUT2D eigenvalue weighted by Crippen LogP contribution is -2.38. The van der Waals surface area contributed by atoms with Gasteiger partial charge in [0.2, 0.25) is 0 Å². The lowest BCUT2D eigenvalue weighted by atomic mass is 10.1. The lowest BCUT2D eigenvalue weighted by Gasteiger charge is -2.29. The second kappa shape index (κ2) is 34.8. The number of phosphoric acid groups is 4. The number of nitrogens with two attached hydrogens (primary N) is 3. The van der Waals surface area contributed by atoms with Gasteiger partial charge in [0.25, 0.3) is 16.7 Å². The van der Waals surface area contributed by atoms with Crippen molar-refractivity contribution in [3.8, 4) is 0 Å². The van der Waals surface area contributed by atoms with Crippen LogP contribution in [-0.2, 0) is 117 Å². The van der Waals surface area contributed by atoms with E-state index in [2.05, 4.69) is 87.0 Å². The van der Waals surface area contributed by atoms with E-state index in [9.17, 15) is 71.9 Å². The molecule has 0 saturated carbocycles. The normalized spacial score (nSPS) is 37.1. The third-order valence-electron chi connectivity index (χ3n) is 21.7. The zero-order valence-electron chi connectivity index (χ0n) is 65.1. The van der Waals surface area contributed by atoms with Gasteiger partial charge >= 0.3 is 44.8 Å². The number of phosphoric ester groups is 4. The van der Waals surface area contributed by atoms with Gasteiger partial charge in [-0.3, -0.25) is 91.5 Å². The van der Waals surface area contributed by atoms with Crippen molar-refractivity contribution in [1.29, 1.82) is 0 Å². The molecule has 0 amide bonds. The molecule has 9 saturated heterocycles. The smallest absolute Gasteiger partial charge is 0.397 e. The maximum atomic E-state index is 15.8. The highest BCUT2D eigenvalue weighted by atomic mass is 32.7. The topological polar surface area (TPSA) is 754 Å². The summed E-state index contributed by atoms with van der Waals surface area (Å²) in [6.07, 6.45) is -11.3. The quantitative estimate of drug-likeness (QED) is 0.0820. The summed E-state index contributed by atoms with van der Waals surface area (Å²) in [4.78, 5) is 146. The monoisotopic (exact) mass is 1960 g/mol. The van der Waals surface area contributed by atoms with Gasteiger partial charge in [0.15, 0.2) is 75.3 Å². The Bertz CT molecular complexity index is 6810. The molecule has 9 fully saturated rings. The van der Waals surface area contributed by atoms with Crippen molar-refractivity contribution in [1.82, 2.24) is 102 Å². The number of ether oxygens (including phenoxy) is 6. The molecule has 12 aromatic rings. The molecule has 9 aliphatic rings. The van der Waals surface area contributed by atoms with E-state index in [0.717, 1.165) is 23.5 Å². The van der Waals surface area contributed by atoms with Crippen LogP contribution < -0.4 is 33.9 Å². The average Bonchev–Trinajstić information content (AvgIpc) is 1.66. The fraction of sp³-hybridized carbons (Fsp3) is 0.476. The first kappa shape index (κ1) is 89.6. The van der Waals surface area contributed by atoms with Crippen molar-refractivity contribution in [2.45, 2.75) is 148 Å². The first-order chi connectivity index (χ1) is 61.5. The predicted molar refractivity (Wildman–Crippen MR) is 432 cm³/mol. The van der Waals surface area contributed by atoms with Crippen LogP contribution in [0.25, 0.3) is 67.0 Å². The Morgan fingerprint density at radius 1 is 0.372 bits per heavy atom. The van der Waals surface area contributed by atoms with Crippen molar-refractivity contribution >= 4 is 153 Å². The first-order valence-corrected chi connectivity index (χ1v) is 49.5. The zero-order valence-corrected chi connectivity index (χ0v) is 72.2. The molecular formula is C63H71FN24O33P6S2. The Labute approximate surface area is 726 Å². The predicted octanol–water partition coefficient (Wildman–Crippen LogP) is 1.16. The molecule has 0 aliphatic carbocycles. The summed E-state index contributed by atoms with van der Waals surface area (Å²) in [7, 11) is -19.3. The summed E-state index contributed by atoms with van der Waals surface area (Å²) in [5.74, 6) is 0. The number of halogens is 1. The highest BCUT2D eigenvalue weighted by Gasteiger charge is 2.57. The number of aliphatic hydroxyl groups is 2. The molecule has 129 heavy (non-hydrogen) atoms. The van der Waals surface area contributed by atoms with Crippen LogP contribution in [0.15, 0.2) is 108 Å². The first-order valence-electron chi connectivity index (χ1n) is 38.3. The minimum absolute atomic E-state index is 0.0124. The molecule has 18 unspecified atom stereocenters. The number of hydrogen-bond donors (Lipinski definition) is 14. The molecule has 0 aromatic carbocycles. The second-order valence-electron chi connectivity index (χ2n) is 29.8. The maximum Gasteiger partial charge on any atom is 0.472 e. The third-order valence-corrected chi connectivity index (χ3v) is 28.9. The highest BCUT2D eigenvalue weighted by molar-refractivity contribution is 8.44. The Balaban J connectivity index is 0.000000126. The fourth-order valence-corrected chi connectivity index (χ4v) is 22.6. The minimum atomic E-state index is -5.00. The van der Waals surface area contributed by atoms with E-state index in [0.29, 0.717) is 50.6 Å². The lowest BCUT2D eigenvalue weighted by molar-refractivity contribution is -0.0662. The van der Waals surface area contributed by atoms with Gasteiger partial charge in [-0.1, -0.05) is 12.2 Å². The number of fused-ring (bicyclic) bond motifs is 12. The number of imidazole rings is 6. The standard InChI is InChI=1S/C21H23FN8O11P2.C21H24N8O11P2S2.C21H24N8O11P2/c22-14-17-12(39-21(14)30-8-28-16-19(30)25-6-26-20(16)31)5-37-42(32,33)40-10-3-13(38-11(10)4-36-43(34,35)41-17)29-7-27-15-9(23)1-2-24-18(15)29;22-8-1-2-23-17-11(8)26-6-28(17)20-13(30)15-9(37-20)3-35-42(34,44)40-16-10(4-36-41(33,43)39-15)38-21(14(16)31)29-7-27-12-18(29)24-5-25-19(12)32;22-10-1-2-23-19-17(10)26-8-28(19)15-3-11-13(37-15)5-35-42(33,34)40-12-4-16(38-14(12)6-36-41(31,32)39-11)29-9-27-18-20(29)24-7-25-21(18)30/h1-2,6-8,10-14,17,21H,3-5H2,(H2,23,24)(H,32,33)(H,34,35)(H,25,26,31);1-2,5-7,9-10,13-16,20-21,30-31H,3-4H2,(H2,22,23)(H,33,43)(H,34,44)(H,24,25,32);1-2,7-9,11-16H,3-6H2,(H2,22,23)(H,31,32)(H,33,34)(H,24,25,30)/t10-,11?,12?,13?,14+,17+,21?;9?,10?,13-,14-,15-,16-,20?,21?,41?,42?;11-,12-,13?,14?,15?,16?/m010/s1. The number of hydrogen-bond acceptors (Lipinski definition) is 44. The van der Waals surface area contributed by atoms with Crippen LogP contribution in [-0.4, -0.2) is 268 Å². The van der Waals surface area contributed by atoms with E-state index in [1.54, 1.807) is 22.8 Å². The molecule has 57 nitrogen and oxygen atoms in total. The highest BCUT2D eigenvalue weighted by Crippen LogP contribution is 2.61. The summed E-state index contributed by atoms with van der Waals surface area (Å²) >= 11 is 9.30. The van der Waals surface area contributed by atoms with Crippen LogP contribution >= 0.6 is 57.1 Å². The molecule has 9 aliphatic heterocycles. The second-order valence-corrected chi connectivity index (χ2v) is 41.1. The van der Waals surface area contributed by atoms with E-state index >= 15 is 4.39 Å². The molecule has 0 spiro atoms. The van der Waals surface area contributed by atoms with Gasteiger partial charge < -0.3 is 99.8 Å². The van der Waals surface area contributed by atoms with Crippen LogP contribution in [0, 0.1) is 0 Å². The summed E-state index contributed by atoms with van der Waals surface area (Å²) in [5.41, 5.74) is 19.9. The van der Waals surface area contributed by atoms with Crippen LogP contribution in [0.2, 0.25) is 0 Å². The Kier molecular flexibility index (Phi) is 24.1. The van der Waals surface area contributed by atoms with E-state index < -0.39 is 230 Å². The van der Waals surface area contributed by atoms with Gasteiger partial charge in [-0.05, 0) is 30.0 Å². The molecule has 12 aromatic heterocycles. The van der Waals surface area contributed by atoms with Gasteiger partial charge in [-0.15, -0.1) is 0 Å². The van der Waals surface area contributed by atoms with Crippen molar-refractivity contribution in [3.63, 3.8) is 0 Å². The van der Waals surface area contributed by atoms with Gasteiger partial charge in [-0.2, -0.15) is 0 Å². The number of H-pyrrole nitrogens is 3. The van der Waals surface area contributed by atoms with E-state index in [4.69, 9.17) is 112 Å². The molecular weight excluding hydrogens is 1890 g/mol. The SMILES string of the molecule is Nc1ccnc2c1ncn2C1C[C@@H]2OP(=O)(O)OCC3OC(n4cnc5c(=O)[nH]cnc54)C[C@@H]3OP(=O)(O)OCC2O1.Nc1ccnc2c1ncn2C1C[C@@H]2OP(=O)(O)OCC3OC(n4cnc5c(=O)[nH]cnc54)[C@H](F)[C@@H]3OP(=O)(O)OCC2O1.Nc1ccnc2c1ncn2C1OC2COP(O)(=S)O[C@@H]3C(COP(=O)(S)O[C@H]2[C@H]1O)OC(n1cnc2c(=O)[nH]cnc21)[C@@H]3O. The number of anilines is 3. The average molecular weight is 1960 g/mol. The number of nitrogens with one attached hydrogen (secondary N) is 3. The van der Waals surface area contributed by atoms with Crippen molar-refractivity contribution in [2.24, 2.45) is 0 Å². The summed E-state index contributed by atoms with van der Waals surface area (Å²) in [6, 6.07) is 4.72. The number of aromatic amines is 3. The van der Waals surface area contributed by atoms with Crippen LogP contribution in [0.5, 0.6) is 0 Å². The molecule has 21 heterocycles. The summed E-state index contributed by atoms with van der Waals surface area (Å²) in [6.45, 7) is -12.0. The number of rotatable bonds is 6. The molecule has 0 radical (unpaired) electrons. The van der Waals surface area contributed by atoms with Crippen LogP contribution in [0.3, 0.4) is 0 Å². The van der Waals surface area contributed by atoms with Crippen molar-refractivity contribution in [3.05, 3.63) is 125 Å². The number of thiol groups is 1. The minimum Gasteiger partial charge on any atom is -0.397 e. The van der Waals surface area contributed by atoms with Gasteiger partial charge in [0, 0.05) is 37.9 Å². The maximum absolute atomic E-state index is 15.8. The van der Waals surface area contributed by atoms with E-state index in [1.165, 1.54) is 74.8 Å². The molecule has 0 bridgehead atoms. The van der Waals surface area contributed by atoms with Crippen LogP contribution in [0.1, 0.15) is 56.6 Å². The molecule has 16 N–H and O–H groups in total. The largest absolute Gasteiger partial charge is 0.472 e. The Hall–Kier alpha value is -8.61. The van der Waals surface area contributed by atoms with E-state index in [1.807, 2.05) is 0 Å². The van der Waals surface area contributed by atoms with Gasteiger partial charge in [0.1, 0.15) is 121 Å².